The first kappa shape index (κ1) is 16.9. The molecule has 0 aromatic carbocycles. The van der Waals surface area contributed by atoms with Gasteiger partial charge in [0.25, 0.3) is 0 Å². The fraction of sp³-hybridized carbons (Fsp3) is 0.474. The van der Waals surface area contributed by atoms with E-state index in [2.05, 4.69) is 40.0 Å². The number of pyridine rings is 2. The van der Waals surface area contributed by atoms with Gasteiger partial charge in [-0.2, -0.15) is 0 Å². The lowest BCUT2D eigenvalue weighted by molar-refractivity contribution is -0.116. The molecule has 128 valence electrons. The molecule has 3 heterocycles. The van der Waals surface area contributed by atoms with E-state index in [1.165, 1.54) is 5.56 Å². The molecular formula is C19H25N3O2. The first-order valence-corrected chi connectivity index (χ1v) is 8.36. The predicted octanol–water partition coefficient (Wildman–Crippen LogP) is 2.57. The van der Waals surface area contributed by atoms with E-state index in [9.17, 15) is 0 Å². The van der Waals surface area contributed by atoms with Crippen LogP contribution in [0.1, 0.15) is 18.2 Å². The van der Waals surface area contributed by atoms with E-state index in [-0.39, 0.29) is 5.41 Å². The number of hydrogen-bond donors (Lipinski definition) is 0. The Balaban J connectivity index is 1.66. The Labute approximate surface area is 143 Å². The summed E-state index contributed by atoms with van der Waals surface area (Å²) in [6, 6.07) is 10.1. The molecule has 0 N–H and O–H groups in total. The van der Waals surface area contributed by atoms with Crippen LogP contribution in [0.5, 0.6) is 5.88 Å². The summed E-state index contributed by atoms with van der Waals surface area (Å²) in [7, 11) is 1.65. The largest absolute Gasteiger partial charge is 0.481 e. The van der Waals surface area contributed by atoms with Crippen molar-refractivity contribution < 1.29 is 9.47 Å². The van der Waals surface area contributed by atoms with Crippen molar-refractivity contribution in [2.75, 3.05) is 33.4 Å². The zero-order valence-corrected chi connectivity index (χ0v) is 14.4. The third-order valence-corrected chi connectivity index (χ3v) is 4.35. The van der Waals surface area contributed by atoms with Crippen LogP contribution >= 0.6 is 0 Å². The molecule has 3 rings (SSSR count). The summed E-state index contributed by atoms with van der Waals surface area (Å²) >= 11 is 0. The van der Waals surface area contributed by atoms with Crippen LogP contribution in [0, 0.1) is 5.41 Å². The third kappa shape index (κ3) is 4.52. The van der Waals surface area contributed by atoms with Crippen LogP contribution in [0.25, 0.3) is 0 Å². The van der Waals surface area contributed by atoms with Crippen molar-refractivity contribution >= 4 is 0 Å². The molecule has 0 bridgehead atoms. The van der Waals surface area contributed by atoms with Crippen LogP contribution in [-0.4, -0.2) is 48.3 Å². The summed E-state index contributed by atoms with van der Waals surface area (Å²) in [5.41, 5.74) is 2.59. The summed E-state index contributed by atoms with van der Waals surface area (Å²) < 4.78 is 10.7. The molecule has 1 saturated heterocycles. The first-order valence-electron chi connectivity index (χ1n) is 8.36. The molecule has 24 heavy (non-hydrogen) atoms. The van der Waals surface area contributed by atoms with Gasteiger partial charge in [-0.1, -0.05) is 13.0 Å². The van der Waals surface area contributed by atoms with Gasteiger partial charge in [0.05, 0.1) is 26.0 Å². The predicted molar refractivity (Wildman–Crippen MR) is 92.9 cm³/mol. The average molecular weight is 327 g/mol. The second kappa shape index (κ2) is 7.73. The maximum Gasteiger partial charge on any atom is 0.213 e. The van der Waals surface area contributed by atoms with E-state index in [0.717, 1.165) is 45.0 Å². The highest BCUT2D eigenvalue weighted by atomic mass is 16.5. The average Bonchev–Trinajstić information content (AvgIpc) is 2.59. The monoisotopic (exact) mass is 327 g/mol. The smallest absolute Gasteiger partial charge is 0.213 e. The molecule has 0 spiro atoms. The van der Waals surface area contributed by atoms with Gasteiger partial charge in [-0.25, -0.2) is 4.98 Å². The van der Waals surface area contributed by atoms with E-state index in [4.69, 9.17) is 9.47 Å². The summed E-state index contributed by atoms with van der Waals surface area (Å²) in [5.74, 6) is 0.666. The molecule has 0 unspecified atom stereocenters. The molecular weight excluding hydrogens is 302 g/mol. The van der Waals surface area contributed by atoms with Gasteiger partial charge < -0.3 is 9.47 Å². The van der Waals surface area contributed by atoms with Crippen LogP contribution in [0.15, 0.2) is 42.7 Å². The van der Waals surface area contributed by atoms with E-state index in [1.54, 1.807) is 7.11 Å². The third-order valence-electron chi connectivity index (χ3n) is 4.35. The fourth-order valence-electron chi connectivity index (χ4n) is 3.02. The number of aromatic nitrogens is 2. The molecule has 0 atom stereocenters. The van der Waals surface area contributed by atoms with Gasteiger partial charge in [0, 0.05) is 43.5 Å². The van der Waals surface area contributed by atoms with Crippen molar-refractivity contribution in [3.63, 3.8) is 0 Å². The van der Waals surface area contributed by atoms with Gasteiger partial charge in [-0.3, -0.25) is 9.88 Å². The zero-order chi connectivity index (χ0) is 16.8. The maximum absolute atomic E-state index is 5.42. The van der Waals surface area contributed by atoms with Crippen molar-refractivity contribution in [3.8, 4) is 5.88 Å². The minimum Gasteiger partial charge on any atom is -0.481 e. The second-order valence-corrected chi connectivity index (χ2v) is 6.79. The van der Waals surface area contributed by atoms with Crippen molar-refractivity contribution in [1.82, 2.24) is 14.9 Å². The molecule has 0 amide bonds. The first-order chi connectivity index (χ1) is 11.7. The highest BCUT2D eigenvalue weighted by Gasteiger charge is 2.35. The Hall–Kier alpha value is -1.98. The Morgan fingerprint density at radius 3 is 2.67 bits per heavy atom. The summed E-state index contributed by atoms with van der Waals surface area (Å²) in [6.07, 6.45) is 4.71. The van der Waals surface area contributed by atoms with Crippen LogP contribution in [0.2, 0.25) is 0 Å². The van der Waals surface area contributed by atoms with Gasteiger partial charge in [0.15, 0.2) is 0 Å². The van der Waals surface area contributed by atoms with Crippen molar-refractivity contribution in [2.45, 2.75) is 19.9 Å². The Bertz CT molecular complexity index is 644. The Morgan fingerprint density at radius 2 is 2.00 bits per heavy atom. The molecule has 1 aliphatic rings. The highest BCUT2D eigenvalue weighted by molar-refractivity contribution is 5.16. The van der Waals surface area contributed by atoms with Crippen LogP contribution in [0.4, 0.5) is 0 Å². The quantitative estimate of drug-likeness (QED) is 0.746. The van der Waals surface area contributed by atoms with Gasteiger partial charge in [-0.15, -0.1) is 0 Å². The van der Waals surface area contributed by atoms with Gasteiger partial charge >= 0.3 is 0 Å². The molecule has 0 aliphatic carbocycles. The number of hydrogen-bond acceptors (Lipinski definition) is 5. The molecule has 2 aromatic rings. The maximum atomic E-state index is 5.42. The molecule has 1 aliphatic heterocycles. The lowest BCUT2D eigenvalue weighted by atomic mass is 9.88. The number of rotatable bonds is 8. The van der Waals surface area contributed by atoms with Crippen LogP contribution in [0.3, 0.4) is 0 Å². The van der Waals surface area contributed by atoms with Crippen LogP contribution in [-0.2, 0) is 17.7 Å². The SMILES string of the molecule is COc1cccc(CN(CCc2ccncc2)CC2(C)COC2)n1. The van der Waals surface area contributed by atoms with E-state index >= 15 is 0 Å². The Morgan fingerprint density at radius 1 is 1.21 bits per heavy atom. The fourth-order valence-corrected chi connectivity index (χ4v) is 3.02. The van der Waals surface area contributed by atoms with Gasteiger partial charge in [0.2, 0.25) is 5.88 Å². The van der Waals surface area contributed by atoms with Crippen molar-refractivity contribution in [1.29, 1.82) is 0 Å². The second-order valence-electron chi connectivity index (χ2n) is 6.79. The topological polar surface area (TPSA) is 47.5 Å². The summed E-state index contributed by atoms with van der Waals surface area (Å²) in [5, 5.41) is 0. The lowest BCUT2D eigenvalue weighted by Crippen LogP contribution is -2.49. The van der Waals surface area contributed by atoms with Crippen molar-refractivity contribution in [3.05, 3.63) is 54.0 Å². The minimum atomic E-state index is 0.247. The number of ether oxygens (including phenoxy) is 2. The number of nitrogens with zero attached hydrogens (tertiary/aromatic N) is 3. The Kier molecular flexibility index (Phi) is 5.43. The van der Waals surface area contributed by atoms with Gasteiger partial charge in [0.1, 0.15) is 0 Å². The van der Waals surface area contributed by atoms with E-state index < -0.39 is 0 Å². The minimum absolute atomic E-state index is 0.247. The molecule has 5 heteroatoms. The van der Waals surface area contributed by atoms with Crippen molar-refractivity contribution in [2.24, 2.45) is 5.41 Å². The van der Waals surface area contributed by atoms with Gasteiger partial charge in [-0.05, 0) is 30.2 Å². The molecule has 0 radical (unpaired) electrons. The van der Waals surface area contributed by atoms with E-state index in [0.29, 0.717) is 5.88 Å². The van der Waals surface area contributed by atoms with Crippen LogP contribution < -0.4 is 4.74 Å². The molecule has 0 saturated carbocycles. The van der Waals surface area contributed by atoms with E-state index in [1.807, 2.05) is 24.5 Å². The molecule has 2 aromatic heterocycles. The normalized spacial score (nSPS) is 16.0. The lowest BCUT2D eigenvalue weighted by Gasteiger charge is -2.41. The zero-order valence-electron chi connectivity index (χ0n) is 14.4. The standard InChI is InChI=1S/C19H25N3O2/c1-19(14-24-15-19)13-22(11-8-16-6-9-20-10-7-16)12-17-4-3-5-18(21-17)23-2/h3-7,9-10H,8,11-15H2,1-2H3. The summed E-state index contributed by atoms with van der Waals surface area (Å²) in [4.78, 5) is 11.1. The highest BCUT2D eigenvalue weighted by Crippen LogP contribution is 2.28. The molecule has 1 fully saturated rings. The number of methoxy groups -OCH3 is 1. The summed E-state index contributed by atoms with van der Waals surface area (Å²) in [6.45, 7) is 6.77. The molecule has 5 nitrogen and oxygen atoms in total.